The number of thiol groups is 1. The van der Waals surface area contributed by atoms with Gasteiger partial charge in [0.05, 0.1) is 11.3 Å². The van der Waals surface area contributed by atoms with Crippen molar-refractivity contribution in [2.75, 3.05) is 4.31 Å². The van der Waals surface area contributed by atoms with Crippen LogP contribution in [-0.2, 0) is 4.79 Å². The van der Waals surface area contributed by atoms with Gasteiger partial charge in [-0.1, -0.05) is 12.8 Å². The lowest BCUT2D eigenvalue weighted by atomic mass is 10.2. The topological polar surface area (TPSA) is 57.6 Å². The monoisotopic (exact) mass is 211 g/mol. The van der Waals surface area contributed by atoms with Crippen molar-refractivity contribution in [2.24, 2.45) is 0 Å². The number of carbonyl (C=O) groups excluding carboxylic acids is 1. The Morgan fingerprint density at radius 2 is 1.79 bits per heavy atom. The zero-order valence-corrected chi connectivity index (χ0v) is 8.36. The number of hydrogen-bond acceptors (Lipinski definition) is 3. The second-order valence-corrected chi connectivity index (χ2v) is 3.08. The molecule has 5 heteroatoms. The van der Waals surface area contributed by atoms with Crippen molar-refractivity contribution in [1.29, 1.82) is 0 Å². The highest BCUT2D eigenvalue weighted by molar-refractivity contribution is 7.82. The second kappa shape index (κ2) is 4.15. The van der Waals surface area contributed by atoms with Gasteiger partial charge >= 0.3 is 5.97 Å². The fourth-order valence-electron chi connectivity index (χ4n) is 0.927. The summed E-state index contributed by atoms with van der Waals surface area (Å²) in [4.78, 5) is 21.4. The number of hydrogen-bond donors (Lipinski definition) is 2. The van der Waals surface area contributed by atoms with Crippen LogP contribution in [0.4, 0.5) is 5.69 Å². The number of rotatable bonds is 2. The molecule has 1 aromatic carbocycles. The first-order valence-corrected chi connectivity index (χ1v) is 4.25. The molecular formula is C9H9NO3S. The van der Waals surface area contributed by atoms with Crippen LogP contribution in [0.25, 0.3) is 0 Å². The van der Waals surface area contributed by atoms with E-state index in [0.29, 0.717) is 5.69 Å². The molecular weight excluding hydrogens is 202 g/mol. The fourth-order valence-corrected chi connectivity index (χ4v) is 1.06. The van der Waals surface area contributed by atoms with Gasteiger partial charge in [0.2, 0.25) is 5.91 Å². The lowest BCUT2D eigenvalue weighted by Gasteiger charge is -2.12. The van der Waals surface area contributed by atoms with E-state index in [0.717, 1.165) is 4.31 Å². The molecule has 1 N–H and O–H groups in total. The minimum Gasteiger partial charge on any atom is -0.478 e. The molecule has 0 radical (unpaired) electrons. The molecule has 0 aliphatic heterocycles. The average molecular weight is 211 g/mol. The van der Waals surface area contributed by atoms with Crippen LogP contribution in [0.3, 0.4) is 0 Å². The number of benzene rings is 1. The largest absolute Gasteiger partial charge is 0.478 e. The highest BCUT2D eigenvalue weighted by atomic mass is 32.1. The van der Waals surface area contributed by atoms with Crippen molar-refractivity contribution in [1.82, 2.24) is 0 Å². The van der Waals surface area contributed by atoms with Gasteiger partial charge in [0, 0.05) is 6.92 Å². The van der Waals surface area contributed by atoms with Crippen LogP contribution < -0.4 is 4.31 Å². The molecule has 1 amide bonds. The minimum atomic E-state index is -0.995. The quantitative estimate of drug-likeness (QED) is 0.730. The maximum Gasteiger partial charge on any atom is 0.335 e. The third-order valence-corrected chi connectivity index (χ3v) is 2.17. The molecule has 74 valence electrons. The molecule has 0 atom stereocenters. The van der Waals surface area contributed by atoms with Gasteiger partial charge in [0.1, 0.15) is 0 Å². The van der Waals surface area contributed by atoms with E-state index in [2.05, 4.69) is 12.8 Å². The number of carboxylic acid groups (broad SMARTS) is 1. The third-order valence-electron chi connectivity index (χ3n) is 1.66. The van der Waals surface area contributed by atoms with E-state index in [1.54, 1.807) is 0 Å². The Hall–Kier alpha value is -1.49. The highest BCUT2D eigenvalue weighted by Gasteiger charge is 2.07. The smallest absolute Gasteiger partial charge is 0.335 e. The van der Waals surface area contributed by atoms with Crippen molar-refractivity contribution >= 4 is 30.4 Å². The second-order valence-electron chi connectivity index (χ2n) is 2.68. The Balaban J connectivity index is 2.94. The zero-order chi connectivity index (χ0) is 10.7. The highest BCUT2D eigenvalue weighted by Crippen LogP contribution is 2.17. The maximum atomic E-state index is 10.9. The van der Waals surface area contributed by atoms with Gasteiger partial charge in [-0.05, 0) is 24.3 Å². The molecule has 4 nitrogen and oxygen atoms in total. The molecule has 0 aliphatic rings. The van der Waals surface area contributed by atoms with Crippen LogP contribution in [0.15, 0.2) is 24.3 Å². The van der Waals surface area contributed by atoms with E-state index in [1.807, 2.05) is 0 Å². The van der Waals surface area contributed by atoms with Crippen molar-refractivity contribution in [3.05, 3.63) is 29.8 Å². The molecule has 0 aromatic heterocycles. The molecule has 0 heterocycles. The average Bonchev–Trinajstić information content (AvgIpc) is 2.16. The normalized spacial score (nSPS) is 9.57. The first kappa shape index (κ1) is 10.6. The molecule has 1 rings (SSSR count). The van der Waals surface area contributed by atoms with Crippen LogP contribution in [0.1, 0.15) is 17.3 Å². The number of anilines is 1. The van der Waals surface area contributed by atoms with E-state index in [1.165, 1.54) is 31.2 Å². The van der Waals surface area contributed by atoms with Gasteiger partial charge in [0.25, 0.3) is 0 Å². The van der Waals surface area contributed by atoms with Crippen molar-refractivity contribution in [3.8, 4) is 0 Å². The summed E-state index contributed by atoms with van der Waals surface area (Å²) in [6.45, 7) is 1.37. The van der Waals surface area contributed by atoms with E-state index >= 15 is 0 Å². The SMILES string of the molecule is CC(=O)N(S)c1ccc(C(=O)O)cc1. The molecule has 1 aromatic rings. The molecule has 0 saturated carbocycles. The van der Waals surface area contributed by atoms with E-state index in [-0.39, 0.29) is 11.5 Å². The van der Waals surface area contributed by atoms with Crippen molar-refractivity contribution in [3.63, 3.8) is 0 Å². The molecule has 0 spiro atoms. The predicted molar refractivity (Wildman–Crippen MR) is 55.5 cm³/mol. The number of carbonyl (C=O) groups is 2. The Morgan fingerprint density at radius 3 is 2.14 bits per heavy atom. The molecule has 0 unspecified atom stereocenters. The van der Waals surface area contributed by atoms with Crippen LogP contribution >= 0.6 is 12.8 Å². The summed E-state index contributed by atoms with van der Waals surface area (Å²) < 4.78 is 1.14. The Bertz CT molecular complexity index is 361. The van der Waals surface area contributed by atoms with E-state index in [4.69, 9.17) is 5.11 Å². The molecule has 14 heavy (non-hydrogen) atoms. The van der Waals surface area contributed by atoms with Gasteiger partial charge in [-0.15, -0.1) is 0 Å². The summed E-state index contributed by atoms with van der Waals surface area (Å²) in [6.07, 6.45) is 0. The summed E-state index contributed by atoms with van der Waals surface area (Å²) in [5.74, 6) is -1.22. The van der Waals surface area contributed by atoms with Crippen molar-refractivity contribution in [2.45, 2.75) is 6.92 Å². The fraction of sp³-hybridized carbons (Fsp3) is 0.111. The van der Waals surface area contributed by atoms with Gasteiger partial charge in [-0.2, -0.15) is 0 Å². The van der Waals surface area contributed by atoms with Crippen LogP contribution in [0.2, 0.25) is 0 Å². The predicted octanol–water partition coefficient (Wildman–Crippen LogP) is 1.58. The summed E-state index contributed by atoms with van der Waals surface area (Å²) in [5.41, 5.74) is 0.727. The van der Waals surface area contributed by atoms with Crippen LogP contribution in [-0.4, -0.2) is 17.0 Å². The lowest BCUT2D eigenvalue weighted by molar-refractivity contribution is -0.115. The zero-order valence-electron chi connectivity index (χ0n) is 7.47. The van der Waals surface area contributed by atoms with E-state index < -0.39 is 5.97 Å². The van der Waals surface area contributed by atoms with Crippen LogP contribution in [0.5, 0.6) is 0 Å². The Labute approximate surface area is 86.7 Å². The summed E-state index contributed by atoms with van der Waals surface area (Å²) in [5, 5.41) is 8.62. The number of amides is 1. The van der Waals surface area contributed by atoms with Crippen molar-refractivity contribution < 1.29 is 14.7 Å². The number of carboxylic acids is 1. The summed E-state index contributed by atoms with van der Waals surface area (Å²) >= 11 is 3.94. The standard InChI is InChI=1S/C9H9NO3S/c1-6(11)10(14)8-4-2-7(3-5-8)9(12)13/h2-5,14H,1H3,(H,12,13). The molecule has 0 aliphatic carbocycles. The van der Waals surface area contributed by atoms with Gasteiger partial charge in [0.15, 0.2) is 0 Å². The van der Waals surface area contributed by atoms with Gasteiger partial charge in [-0.25, -0.2) is 4.79 Å². The Morgan fingerprint density at radius 1 is 1.29 bits per heavy atom. The van der Waals surface area contributed by atoms with E-state index in [9.17, 15) is 9.59 Å². The summed E-state index contributed by atoms with van der Waals surface area (Å²) in [7, 11) is 0. The Kier molecular flexibility index (Phi) is 3.14. The number of nitrogens with zero attached hydrogens (tertiary/aromatic N) is 1. The molecule has 0 fully saturated rings. The third kappa shape index (κ3) is 2.26. The first-order valence-electron chi connectivity index (χ1n) is 3.85. The lowest BCUT2D eigenvalue weighted by Crippen LogP contribution is -2.16. The summed E-state index contributed by atoms with van der Waals surface area (Å²) in [6, 6.07) is 5.89. The van der Waals surface area contributed by atoms with Crippen LogP contribution in [0, 0.1) is 0 Å². The van der Waals surface area contributed by atoms with Gasteiger partial charge < -0.3 is 5.11 Å². The maximum absolute atomic E-state index is 10.9. The minimum absolute atomic E-state index is 0.180. The first-order chi connectivity index (χ1) is 6.52. The molecule has 0 bridgehead atoms. The van der Waals surface area contributed by atoms with Gasteiger partial charge in [-0.3, -0.25) is 9.10 Å². The number of aromatic carboxylic acids is 1. The molecule has 0 saturated heterocycles.